The van der Waals surface area contributed by atoms with Gasteiger partial charge in [-0.15, -0.1) is 0 Å². The number of fused-ring (bicyclic) bond motifs is 1. The summed E-state index contributed by atoms with van der Waals surface area (Å²) >= 11 is 0. The van der Waals surface area contributed by atoms with Crippen LogP contribution in [0.25, 0.3) is 22.4 Å². The van der Waals surface area contributed by atoms with Crippen LogP contribution in [0, 0.1) is 0 Å². The van der Waals surface area contributed by atoms with Crippen molar-refractivity contribution in [3.05, 3.63) is 42.9 Å². The molecule has 0 aromatic carbocycles. The molecule has 0 radical (unpaired) electrons. The van der Waals surface area contributed by atoms with Gasteiger partial charge in [0.05, 0.1) is 11.4 Å². The number of halogens is 3. The number of anilines is 1. The number of alkyl halides is 3. The van der Waals surface area contributed by atoms with Crippen LogP contribution in [-0.2, 0) is 0 Å². The molecule has 0 bridgehead atoms. The minimum absolute atomic E-state index is 0.282. The number of aromatic nitrogens is 4. The lowest BCUT2D eigenvalue weighted by molar-refractivity contribution is -0.100. The molecule has 5 nitrogen and oxygen atoms in total. The molecule has 1 N–H and O–H groups in total. The third-order valence-corrected chi connectivity index (χ3v) is 2.66. The first-order valence-electron chi connectivity index (χ1n) is 5.90. The highest BCUT2D eigenvalue weighted by atomic mass is 19.4. The summed E-state index contributed by atoms with van der Waals surface area (Å²) in [6.45, 7) is 0. The Labute approximate surface area is 116 Å². The van der Waals surface area contributed by atoms with Gasteiger partial charge in [0.25, 0.3) is 0 Å². The lowest BCUT2D eigenvalue weighted by Gasteiger charge is -2.09. The second-order valence-corrected chi connectivity index (χ2v) is 4.16. The molecule has 3 aromatic heterocycles. The van der Waals surface area contributed by atoms with Gasteiger partial charge >= 0.3 is 6.30 Å². The van der Waals surface area contributed by atoms with Crippen LogP contribution in [0.4, 0.5) is 19.0 Å². The SMILES string of the molecule is FC(F)(F)Nc1cc(-c2ccc3cccnc3n2)ncn1. The highest BCUT2D eigenvalue weighted by molar-refractivity contribution is 5.77. The van der Waals surface area contributed by atoms with Gasteiger partial charge in [-0.2, -0.15) is 13.2 Å². The monoisotopic (exact) mass is 291 g/mol. The molecule has 3 rings (SSSR count). The Balaban J connectivity index is 2.00. The molecule has 3 aromatic rings. The Kier molecular flexibility index (Phi) is 3.13. The molecule has 0 aliphatic carbocycles. The van der Waals surface area contributed by atoms with Crippen molar-refractivity contribution in [3.63, 3.8) is 0 Å². The number of pyridine rings is 2. The van der Waals surface area contributed by atoms with E-state index >= 15 is 0 Å². The van der Waals surface area contributed by atoms with E-state index in [2.05, 4.69) is 19.9 Å². The normalized spacial score (nSPS) is 11.6. The first-order chi connectivity index (χ1) is 10.0. The Morgan fingerprint density at radius 1 is 0.952 bits per heavy atom. The van der Waals surface area contributed by atoms with E-state index in [1.807, 2.05) is 6.07 Å². The Bertz CT molecular complexity index is 788. The molecule has 106 valence electrons. The molecule has 0 fully saturated rings. The summed E-state index contributed by atoms with van der Waals surface area (Å²) in [4.78, 5) is 15.8. The van der Waals surface area contributed by atoms with Gasteiger partial charge in [-0.3, -0.25) is 5.32 Å². The van der Waals surface area contributed by atoms with Crippen LogP contribution in [0.3, 0.4) is 0 Å². The van der Waals surface area contributed by atoms with E-state index in [1.54, 1.807) is 24.4 Å². The standard InChI is InChI=1S/C13H8F3N5/c14-13(15,16)21-11-6-10(18-7-19-11)9-4-3-8-2-1-5-17-12(8)20-9/h1-7H,(H,18,19,21). The summed E-state index contributed by atoms with van der Waals surface area (Å²) in [5.74, 6) is -0.338. The van der Waals surface area contributed by atoms with Crippen LogP contribution in [0.1, 0.15) is 0 Å². The summed E-state index contributed by atoms with van der Waals surface area (Å²) in [7, 11) is 0. The molecule has 0 unspecified atom stereocenters. The Morgan fingerprint density at radius 2 is 1.81 bits per heavy atom. The largest absolute Gasteiger partial charge is 0.483 e. The third kappa shape index (κ3) is 3.04. The fourth-order valence-corrected chi connectivity index (χ4v) is 1.81. The summed E-state index contributed by atoms with van der Waals surface area (Å²) in [6, 6.07) is 8.26. The molecule has 0 aliphatic heterocycles. The maximum atomic E-state index is 12.3. The molecule has 0 saturated heterocycles. The zero-order chi connectivity index (χ0) is 14.9. The van der Waals surface area contributed by atoms with Gasteiger partial charge in [0.2, 0.25) is 0 Å². The molecule has 8 heteroatoms. The summed E-state index contributed by atoms with van der Waals surface area (Å²) in [6.07, 6.45) is -1.91. The fourth-order valence-electron chi connectivity index (χ4n) is 1.81. The molecule has 0 atom stereocenters. The number of hydrogen-bond acceptors (Lipinski definition) is 5. The van der Waals surface area contributed by atoms with Gasteiger partial charge in [-0.05, 0) is 24.3 Å². The van der Waals surface area contributed by atoms with E-state index in [1.165, 1.54) is 11.4 Å². The van der Waals surface area contributed by atoms with Crippen molar-refractivity contribution in [2.75, 3.05) is 5.32 Å². The average Bonchev–Trinajstić information content (AvgIpc) is 2.45. The van der Waals surface area contributed by atoms with Gasteiger partial charge in [-0.1, -0.05) is 0 Å². The van der Waals surface area contributed by atoms with Gasteiger partial charge in [0, 0.05) is 17.6 Å². The molecular formula is C13H8F3N5. The quantitative estimate of drug-likeness (QED) is 0.735. The van der Waals surface area contributed by atoms with Crippen molar-refractivity contribution in [2.45, 2.75) is 6.30 Å². The second kappa shape index (κ2) is 4.97. The second-order valence-electron chi connectivity index (χ2n) is 4.16. The highest BCUT2D eigenvalue weighted by Crippen LogP contribution is 2.22. The van der Waals surface area contributed by atoms with Crippen LogP contribution in [0.2, 0.25) is 0 Å². The number of rotatable bonds is 2. The molecule has 0 amide bonds. The van der Waals surface area contributed by atoms with Crippen molar-refractivity contribution in [2.24, 2.45) is 0 Å². The molecule has 21 heavy (non-hydrogen) atoms. The number of nitrogens with zero attached hydrogens (tertiary/aromatic N) is 4. The van der Waals surface area contributed by atoms with E-state index < -0.39 is 6.30 Å². The third-order valence-electron chi connectivity index (χ3n) is 2.66. The van der Waals surface area contributed by atoms with Crippen molar-refractivity contribution in [1.82, 2.24) is 19.9 Å². The first kappa shape index (κ1) is 13.2. The molecule has 0 aliphatic rings. The summed E-state index contributed by atoms with van der Waals surface area (Å²) in [5, 5.41) is 2.17. The minimum atomic E-state index is -4.55. The maximum absolute atomic E-state index is 12.3. The van der Waals surface area contributed by atoms with Crippen molar-refractivity contribution >= 4 is 16.9 Å². The lowest BCUT2D eigenvalue weighted by atomic mass is 10.2. The van der Waals surface area contributed by atoms with E-state index in [9.17, 15) is 13.2 Å². The molecular weight excluding hydrogens is 283 g/mol. The Morgan fingerprint density at radius 3 is 2.62 bits per heavy atom. The van der Waals surface area contributed by atoms with Crippen LogP contribution in [-0.4, -0.2) is 26.2 Å². The lowest BCUT2D eigenvalue weighted by Crippen LogP contribution is -2.21. The van der Waals surface area contributed by atoms with E-state index in [0.29, 0.717) is 11.3 Å². The average molecular weight is 291 g/mol. The maximum Gasteiger partial charge on any atom is 0.483 e. The summed E-state index contributed by atoms with van der Waals surface area (Å²) in [5.41, 5.74) is 1.21. The van der Waals surface area contributed by atoms with E-state index in [-0.39, 0.29) is 11.5 Å². The van der Waals surface area contributed by atoms with Crippen LogP contribution in [0.5, 0.6) is 0 Å². The van der Waals surface area contributed by atoms with Gasteiger partial charge in [0.1, 0.15) is 12.1 Å². The van der Waals surface area contributed by atoms with Crippen molar-refractivity contribution in [3.8, 4) is 11.4 Å². The smallest absolute Gasteiger partial charge is 0.282 e. The minimum Gasteiger partial charge on any atom is -0.282 e. The number of nitrogens with one attached hydrogen (secondary N) is 1. The Hall–Kier alpha value is -2.77. The van der Waals surface area contributed by atoms with Crippen LogP contribution in [0.15, 0.2) is 42.9 Å². The molecule has 0 spiro atoms. The van der Waals surface area contributed by atoms with Gasteiger partial charge in [-0.25, -0.2) is 19.9 Å². The predicted octanol–water partition coefficient (Wildman–Crippen LogP) is 3.02. The highest BCUT2D eigenvalue weighted by Gasteiger charge is 2.27. The van der Waals surface area contributed by atoms with Crippen LogP contribution >= 0.6 is 0 Å². The molecule has 3 heterocycles. The predicted molar refractivity (Wildman–Crippen MR) is 70.2 cm³/mol. The number of hydrogen-bond donors (Lipinski definition) is 1. The van der Waals surface area contributed by atoms with Gasteiger partial charge < -0.3 is 0 Å². The summed E-state index contributed by atoms with van der Waals surface area (Å²) < 4.78 is 36.9. The van der Waals surface area contributed by atoms with Crippen molar-refractivity contribution < 1.29 is 13.2 Å². The van der Waals surface area contributed by atoms with Crippen LogP contribution < -0.4 is 5.32 Å². The zero-order valence-electron chi connectivity index (χ0n) is 10.5. The topological polar surface area (TPSA) is 63.6 Å². The van der Waals surface area contributed by atoms with E-state index in [0.717, 1.165) is 11.7 Å². The van der Waals surface area contributed by atoms with E-state index in [4.69, 9.17) is 0 Å². The van der Waals surface area contributed by atoms with Gasteiger partial charge in [0.15, 0.2) is 5.65 Å². The first-order valence-corrected chi connectivity index (χ1v) is 5.90. The fraction of sp³-hybridized carbons (Fsp3) is 0.0769. The molecule has 0 saturated carbocycles. The van der Waals surface area contributed by atoms with Crippen molar-refractivity contribution in [1.29, 1.82) is 0 Å². The zero-order valence-corrected chi connectivity index (χ0v) is 10.5.